The van der Waals surface area contributed by atoms with Crippen molar-refractivity contribution in [2.75, 3.05) is 32.8 Å². The predicted octanol–water partition coefficient (Wildman–Crippen LogP) is 5.99. The lowest BCUT2D eigenvalue weighted by Gasteiger charge is -2.37. The van der Waals surface area contributed by atoms with Gasteiger partial charge < -0.3 is 19.3 Å². The van der Waals surface area contributed by atoms with E-state index < -0.39 is 0 Å². The van der Waals surface area contributed by atoms with Crippen LogP contribution in [-0.4, -0.2) is 60.6 Å². The molecule has 0 spiro atoms. The highest BCUT2D eigenvalue weighted by atomic mass is 79.9. The van der Waals surface area contributed by atoms with Gasteiger partial charge in [0.25, 0.3) is 5.91 Å². The molecule has 0 aliphatic carbocycles. The Hall–Kier alpha value is -2.39. The second-order valence-corrected chi connectivity index (χ2v) is 11.6. The van der Waals surface area contributed by atoms with Crippen LogP contribution in [0.15, 0.2) is 64.5 Å². The Labute approximate surface area is 234 Å². The normalized spacial score (nSPS) is 18.9. The van der Waals surface area contributed by atoms with Gasteiger partial charge >= 0.3 is 0 Å². The van der Waals surface area contributed by atoms with Crippen molar-refractivity contribution in [1.82, 2.24) is 9.80 Å². The van der Waals surface area contributed by atoms with E-state index in [0.717, 1.165) is 29.3 Å². The smallest absolute Gasteiger partial charge is 0.254 e. The number of rotatable bonds is 8. The van der Waals surface area contributed by atoms with E-state index in [1.807, 2.05) is 29.2 Å². The van der Waals surface area contributed by atoms with Crippen LogP contribution in [-0.2, 0) is 16.0 Å². The van der Waals surface area contributed by atoms with Crippen LogP contribution in [0.5, 0.6) is 5.75 Å². The van der Waals surface area contributed by atoms with Crippen LogP contribution in [0.4, 0.5) is 0 Å². The Morgan fingerprint density at radius 1 is 1.19 bits per heavy atom. The van der Waals surface area contributed by atoms with Gasteiger partial charge in [-0.2, -0.15) is 0 Å². The largest absolute Gasteiger partial charge is 0.491 e. The molecule has 5 rings (SSSR count). The van der Waals surface area contributed by atoms with Gasteiger partial charge in [0.15, 0.2) is 0 Å². The summed E-state index contributed by atoms with van der Waals surface area (Å²) in [5.41, 5.74) is 1.66. The molecule has 0 saturated carbocycles. The van der Waals surface area contributed by atoms with Gasteiger partial charge in [0.05, 0.1) is 12.1 Å². The molecule has 2 aromatic carbocycles. The molecule has 6 nitrogen and oxygen atoms in total. The SMILES string of the molecule is O=C(c1cccc(Br)c1)N(CC(=O)N1CCc2sccc2C1COc1ccc(Cl)cc1)CC1CCCO1. The number of hydrogen-bond acceptors (Lipinski definition) is 5. The van der Waals surface area contributed by atoms with Crippen LogP contribution in [0.2, 0.25) is 5.02 Å². The van der Waals surface area contributed by atoms with Crippen molar-refractivity contribution in [2.24, 2.45) is 0 Å². The van der Waals surface area contributed by atoms with Crippen LogP contribution in [0.1, 0.15) is 39.7 Å². The second-order valence-electron chi connectivity index (χ2n) is 9.25. The minimum Gasteiger partial charge on any atom is -0.491 e. The summed E-state index contributed by atoms with van der Waals surface area (Å²) in [5.74, 6) is 0.430. The third-order valence-corrected chi connectivity index (χ3v) is 8.51. The molecular weight excluding hydrogens is 576 g/mol. The number of thiophene rings is 1. The summed E-state index contributed by atoms with van der Waals surface area (Å²) >= 11 is 11.2. The standard InChI is InChI=1S/C28H28BrClN2O4S/c29-20-4-1-3-19(15-20)28(34)31(16-23-5-2-13-35-23)17-27(33)32-12-10-26-24(11-14-37-26)25(32)18-36-22-8-6-21(30)7-9-22/h1,3-4,6-9,11,14-15,23,25H,2,5,10,12-13,16-18H2. The fraction of sp³-hybridized carbons (Fsp3) is 0.357. The molecule has 1 aromatic heterocycles. The number of hydrogen-bond donors (Lipinski definition) is 0. The summed E-state index contributed by atoms with van der Waals surface area (Å²) in [5, 5.41) is 2.71. The van der Waals surface area contributed by atoms with Gasteiger partial charge in [-0.3, -0.25) is 9.59 Å². The minimum absolute atomic E-state index is 0.0118. The van der Waals surface area contributed by atoms with E-state index in [9.17, 15) is 9.59 Å². The van der Waals surface area contributed by atoms with Crippen LogP contribution in [0.3, 0.4) is 0 Å². The van der Waals surface area contributed by atoms with Gasteiger partial charge in [0, 0.05) is 39.6 Å². The molecule has 37 heavy (non-hydrogen) atoms. The number of ether oxygens (including phenoxy) is 2. The fourth-order valence-corrected chi connectivity index (χ4v) is 6.35. The average Bonchev–Trinajstić information content (AvgIpc) is 3.59. The van der Waals surface area contributed by atoms with Crippen molar-refractivity contribution >= 4 is 50.7 Å². The lowest BCUT2D eigenvalue weighted by molar-refractivity contribution is -0.135. The Morgan fingerprint density at radius 2 is 2.03 bits per heavy atom. The number of carbonyl (C=O) groups excluding carboxylic acids is 2. The number of amides is 2. The van der Waals surface area contributed by atoms with E-state index in [0.29, 0.717) is 42.6 Å². The van der Waals surface area contributed by atoms with Crippen LogP contribution in [0, 0.1) is 0 Å². The van der Waals surface area contributed by atoms with Crippen molar-refractivity contribution < 1.29 is 19.1 Å². The highest BCUT2D eigenvalue weighted by Gasteiger charge is 2.34. The number of carbonyl (C=O) groups is 2. The summed E-state index contributed by atoms with van der Waals surface area (Å²) in [7, 11) is 0. The zero-order chi connectivity index (χ0) is 25.8. The highest BCUT2D eigenvalue weighted by molar-refractivity contribution is 9.10. The van der Waals surface area contributed by atoms with Crippen molar-refractivity contribution in [3.63, 3.8) is 0 Å². The van der Waals surface area contributed by atoms with Gasteiger partial charge in [0.1, 0.15) is 18.9 Å². The predicted molar refractivity (Wildman–Crippen MR) is 148 cm³/mol. The highest BCUT2D eigenvalue weighted by Crippen LogP contribution is 2.34. The summed E-state index contributed by atoms with van der Waals surface area (Å²) in [6.07, 6.45) is 2.59. The summed E-state index contributed by atoms with van der Waals surface area (Å²) < 4.78 is 12.7. The van der Waals surface area contributed by atoms with Crippen LogP contribution >= 0.6 is 38.9 Å². The van der Waals surface area contributed by atoms with Gasteiger partial charge in [-0.05, 0) is 78.7 Å². The van der Waals surface area contributed by atoms with E-state index in [4.69, 9.17) is 21.1 Å². The quantitative estimate of drug-likeness (QED) is 0.317. The van der Waals surface area contributed by atoms with Gasteiger partial charge in [-0.15, -0.1) is 11.3 Å². The molecule has 2 aliphatic rings. The summed E-state index contributed by atoms with van der Waals surface area (Å²) in [6.45, 7) is 1.97. The molecule has 1 saturated heterocycles. The lowest BCUT2D eigenvalue weighted by atomic mass is 10.00. The molecular formula is C28H28BrClN2O4S. The molecule has 194 valence electrons. The molecule has 1 fully saturated rings. The van der Waals surface area contributed by atoms with Gasteiger partial charge in [0.2, 0.25) is 5.91 Å². The molecule has 2 unspecified atom stereocenters. The first-order valence-corrected chi connectivity index (χ1v) is 14.4. The minimum atomic E-state index is -0.233. The Kier molecular flexibility index (Phi) is 8.49. The average molecular weight is 604 g/mol. The maximum absolute atomic E-state index is 13.8. The first-order valence-electron chi connectivity index (χ1n) is 12.4. The van der Waals surface area contributed by atoms with Gasteiger partial charge in [-0.1, -0.05) is 33.6 Å². The van der Waals surface area contributed by atoms with Crippen molar-refractivity contribution in [3.8, 4) is 5.75 Å². The van der Waals surface area contributed by atoms with E-state index in [2.05, 4.69) is 27.4 Å². The Balaban J connectivity index is 1.35. The van der Waals surface area contributed by atoms with Crippen LogP contribution in [0.25, 0.3) is 0 Å². The monoisotopic (exact) mass is 602 g/mol. The van der Waals surface area contributed by atoms with E-state index in [1.165, 1.54) is 4.88 Å². The Morgan fingerprint density at radius 3 is 2.78 bits per heavy atom. The molecule has 3 heterocycles. The maximum atomic E-state index is 13.8. The first-order chi connectivity index (χ1) is 18.0. The molecule has 0 bridgehead atoms. The molecule has 2 amide bonds. The van der Waals surface area contributed by atoms with E-state index in [-0.39, 0.29) is 30.5 Å². The van der Waals surface area contributed by atoms with E-state index >= 15 is 0 Å². The van der Waals surface area contributed by atoms with Crippen molar-refractivity contribution in [2.45, 2.75) is 31.4 Å². The fourth-order valence-electron chi connectivity index (χ4n) is 4.89. The molecule has 0 N–H and O–H groups in total. The zero-order valence-electron chi connectivity index (χ0n) is 20.3. The van der Waals surface area contributed by atoms with Gasteiger partial charge in [-0.25, -0.2) is 0 Å². The Bertz CT molecular complexity index is 1240. The number of fused-ring (bicyclic) bond motifs is 1. The van der Waals surface area contributed by atoms with Crippen LogP contribution < -0.4 is 4.74 Å². The van der Waals surface area contributed by atoms with Crippen molar-refractivity contribution in [1.29, 1.82) is 0 Å². The van der Waals surface area contributed by atoms with E-state index in [1.54, 1.807) is 40.5 Å². The molecule has 0 radical (unpaired) electrons. The number of nitrogens with zero attached hydrogens (tertiary/aromatic N) is 2. The number of benzene rings is 2. The maximum Gasteiger partial charge on any atom is 0.254 e. The molecule has 2 aliphatic heterocycles. The number of halogens is 2. The molecule has 9 heteroatoms. The second kappa shape index (κ2) is 12.0. The summed E-state index contributed by atoms with van der Waals surface area (Å²) in [4.78, 5) is 32.1. The molecule has 2 atom stereocenters. The molecule has 3 aromatic rings. The summed E-state index contributed by atoms with van der Waals surface area (Å²) in [6, 6.07) is 16.3. The van der Waals surface area contributed by atoms with Crippen molar-refractivity contribution in [3.05, 3.63) is 85.5 Å². The first kappa shape index (κ1) is 26.2. The zero-order valence-corrected chi connectivity index (χ0v) is 23.4. The third-order valence-electron chi connectivity index (χ3n) is 6.77. The topological polar surface area (TPSA) is 59.1 Å². The third kappa shape index (κ3) is 6.37. The lowest BCUT2D eigenvalue weighted by Crippen LogP contribution is -2.49.